The first kappa shape index (κ1) is 10.8. The molecule has 0 saturated heterocycles. The van der Waals surface area contributed by atoms with Crippen LogP contribution in [0.1, 0.15) is 24.1 Å². The maximum Gasteiger partial charge on any atom is 0.0638 e. The summed E-state index contributed by atoms with van der Waals surface area (Å²) >= 11 is 0. The fourth-order valence-electron chi connectivity index (χ4n) is 1.38. The molecule has 0 spiro atoms. The van der Waals surface area contributed by atoms with Gasteiger partial charge in [-0.25, -0.2) is 0 Å². The Hall–Kier alpha value is -1.27. The average molecular weight is 191 g/mol. The molecule has 0 unspecified atom stereocenters. The summed E-state index contributed by atoms with van der Waals surface area (Å²) in [7, 11) is 1.94. The van der Waals surface area contributed by atoms with Crippen molar-refractivity contribution in [3.05, 3.63) is 17.5 Å². The van der Waals surface area contributed by atoms with E-state index in [1.54, 1.807) is 0 Å². The zero-order chi connectivity index (χ0) is 10.4. The van der Waals surface area contributed by atoms with Crippen LogP contribution >= 0.6 is 0 Å². The van der Waals surface area contributed by atoms with Gasteiger partial charge in [0.25, 0.3) is 0 Å². The first-order valence-corrected chi connectivity index (χ1v) is 4.89. The highest BCUT2D eigenvalue weighted by atomic mass is 15.3. The van der Waals surface area contributed by atoms with E-state index in [0.29, 0.717) is 0 Å². The van der Waals surface area contributed by atoms with E-state index in [2.05, 4.69) is 22.5 Å². The maximum absolute atomic E-state index is 5.19. The number of terminal acetylenes is 1. The molecule has 0 bridgehead atoms. The molecule has 14 heavy (non-hydrogen) atoms. The highest BCUT2D eigenvalue weighted by molar-refractivity contribution is 5.14. The molecule has 0 radical (unpaired) electrons. The van der Waals surface area contributed by atoms with Crippen molar-refractivity contribution >= 4 is 0 Å². The Balaban J connectivity index is 2.53. The highest BCUT2D eigenvalue weighted by Gasteiger charge is 2.02. The van der Waals surface area contributed by atoms with E-state index in [-0.39, 0.29) is 0 Å². The lowest BCUT2D eigenvalue weighted by atomic mass is 10.3. The van der Waals surface area contributed by atoms with Crippen LogP contribution in [0.25, 0.3) is 0 Å². The maximum atomic E-state index is 5.19. The lowest BCUT2D eigenvalue weighted by Gasteiger charge is -1.97. The van der Waals surface area contributed by atoms with Gasteiger partial charge in [0.05, 0.1) is 5.69 Å². The van der Waals surface area contributed by atoms with Crippen LogP contribution in [0.2, 0.25) is 0 Å². The molecule has 0 saturated carbocycles. The van der Waals surface area contributed by atoms with Crippen LogP contribution in [-0.2, 0) is 13.1 Å². The Morgan fingerprint density at radius 1 is 1.64 bits per heavy atom. The Kier molecular flexibility index (Phi) is 4.21. The van der Waals surface area contributed by atoms with Gasteiger partial charge in [-0.15, -0.1) is 12.3 Å². The summed E-state index contributed by atoms with van der Waals surface area (Å²) in [6.45, 7) is 3.82. The number of aromatic nitrogens is 2. The molecule has 0 aliphatic rings. The van der Waals surface area contributed by atoms with Gasteiger partial charge in [-0.05, 0) is 20.4 Å². The van der Waals surface area contributed by atoms with Gasteiger partial charge in [0.2, 0.25) is 0 Å². The normalized spacial score (nSPS) is 10.1. The monoisotopic (exact) mass is 191 g/mol. The quantitative estimate of drug-likeness (QED) is 0.562. The summed E-state index contributed by atoms with van der Waals surface area (Å²) < 4.78 is 1.97. The van der Waals surface area contributed by atoms with Crippen LogP contribution in [0, 0.1) is 19.3 Å². The third-order valence-corrected chi connectivity index (χ3v) is 2.12. The van der Waals surface area contributed by atoms with Gasteiger partial charge >= 0.3 is 0 Å². The standard InChI is InChI=1S/C11H17N3/c1-4-5-6-7-14-9-11(8-12-3)10(2)13-14/h1,9,12H,5-8H2,2-3H3. The fourth-order valence-corrected chi connectivity index (χ4v) is 1.38. The molecule has 1 N–H and O–H groups in total. The van der Waals surface area contributed by atoms with E-state index in [4.69, 9.17) is 6.42 Å². The second-order valence-corrected chi connectivity index (χ2v) is 3.34. The van der Waals surface area contributed by atoms with Crippen molar-refractivity contribution in [2.75, 3.05) is 7.05 Å². The molecular weight excluding hydrogens is 174 g/mol. The summed E-state index contributed by atoms with van der Waals surface area (Å²) in [4.78, 5) is 0. The molecule has 1 rings (SSSR count). The van der Waals surface area contributed by atoms with Gasteiger partial charge in [-0.1, -0.05) is 0 Å². The number of unbranched alkanes of at least 4 members (excludes halogenated alkanes) is 1. The average Bonchev–Trinajstić information content (AvgIpc) is 2.49. The van der Waals surface area contributed by atoms with Crippen LogP contribution in [0.3, 0.4) is 0 Å². The molecule has 0 atom stereocenters. The van der Waals surface area contributed by atoms with Crippen LogP contribution in [-0.4, -0.2) is 16.8 Å². The topological polar surface area (TPSA) is 29.9 Å². The molecular formula is C11H17N3. The first-order valence-electron chi connectivity index (χ1n) is 4.89. The lowest BCUT2D eigenvalue weighted by Crippen LogP contribution is -2.05. The van der Waals surface area contributed by atoms with E-state index in [1.807, 2.05) is 18.7 Å². The SMILES string of the molecule is C#CCCCn1cc(CNC)c(C)n1. The first-order chi connectivity index (χ1) is 6.77. The molecule has 3 heteroatoms. The van der Waals surface area contributed by atoms with E-state index in [0.717, 1.165) is 31.6 Å². The van der Waals surface area contributed by atoms with E-state index < -0.39 is 0 Å². The Bertz CT molecular complexity index is 320. The number of nitrogens with one attached hydrogen (secondary N) is 1. The van der Waals surface area contributed by atoms with Gasteiger partial charge in [0, 0.05) is 31.3 Å². The molecule has 3 nitrogen and oxygen atoms in total. The number of aryl methyl sites for hydroxylation is 2. The van der Waals surface area contributed by atoms with Crippen molar-refractivity contribution in [2.24, 2.45) is 0 Å². The Morgan fingerprint density at radius 3 is 3.07 bits per heavy atom. The van der Waals surface area contributed by atoms with E-state index >= 15 is 0 Å². The largest absolute Gasteiger partial charge is 0.316 e. The molecule has 0 aliphatic heterocycles. The zero-order valence-electron chi connectivity index (χ0n) is 8.88. The van der Waals surface area contributed by atoms with Crippen molar-refractivity contribution in [1.29, 1.82) is 0 Å². The summed E-state index contributed by atoms with van der Waals surface area (Å²) in [5, 5.41) is 7.53. The predicted molar refractivity (Wildman–Crippen MR) is 57.8 cm³/mol. The van der Waals surface area contributed by atoms with Crippen molar-refractivity contribution in [2.45, 2.75) is 32.9 Å². The highest BCUT2D eigenvalue weighted by Crippen LogP contribution is 2.05. The van der Waals surface area contributed by atoms with Crippen molar-refractivity contribution in [3.63, 3.8) is 0 Å². The second-order valence-electron chi connectivity index (χ2n) is 3.34. The van der Waals surface area contributed by atoms with Gasteiger partial charge in [0.15, 0.2) is 0 Å². The smallest absolute Gasteiger partial charge is 0.0638 e. The molecule has 1 aromatic heterocycles. The van der Waals surface area contributed by atoms with Crippen molar-refractivity contribution in [1.82, 2.24) is 15.1 Å². The van der Waals surface area contributed by atoms with Gasteiger partial charge < -0.3 is 5.32 Å². The van der Waals surface area contributed by atoms with E-state index in [9.17, 15) is 0 Å². The summed E-state index contributed by atoms with van der Waals surface area (Å²) in [5.74, 6) is 2.63. The molecule has 0 amide bonds. The lowest BCUT2D eigenvalue weighted by molar-refractivity contribution is 0.583. The minimum atomic E-state index is 0.820. The summed E-state index contributed by atoms with van der Waals surface area (Å²) in [5.41, 5.74) is 2.35. The van der Waals surface area contributed by atoms with Crippen molar-refractivity contribution in [3.8, 4) is 12.3 Å². The van der Waals surface area contributed by atoms with Crippen LogP contribution in [0.5, 0.6) is 0 Å². The number of hydrogen-bond acceptors (Lipinski definition) is 2. The zero-order valence-corrected chi connectivity index (χ0v) is 8.88. The van der Waals surface area contributed by atoms with Gasteiger partial charge in [-0.2, -0.15) is 5.10 Å². The minimum Gasteiger partial charge on any atom is -0.316 e. The molecule has 0 fully saturated rings. The van der Waals surface area contributed by atoms with Gasteiger partial charge in [-0.3, -0.25) is 4.68 Å². The molecule has 0 aliphatic carbocycles. The second kappa shape index (κ2) is 5.46. The van der Waals surface area contributed by atoms with Crippen LogP contribution in [0.15, 0.2) is 6.20 Å². The summed E-state index contributed by atoms with van der Waals surface area (Å²) in [6, 6.07) is 0. The fraction of sp³-hybridized carbons (Fsp3) is 0.545. The van der Waals surface area contributed by atoms with E-state index in [1.165, 1.54) is 5.56 Å². The number of rotatable bonds is 5. The number of nitrogens with zero attached hydrogens (tertiary/aromatic N) is 2. The third-order valence-electron chi connectivity index (χ3n) is 2.12. The third kappa shape index (κ3) is 2.90. The summed E-state index contributed by atoms with van der Waals surface area (Å²) in [6.07, 6.45) is 9.09. The Morgan fingerprint density at radius 2 is 2.43 bits per heavy atom. The molecule has 0 aromatic carbocycles. The Labute approximate surface area is 85.5 Å². The molecule has 76 valence electrons. The van der Waals surface area contributed by atoms with Crippen LogP contribution in [0.4, 0.5) is 0 Å². The molecule has 1 aromatic rings. The van der Waals surface area contributed by atoms with Gasteiger partial charge in [0.1, 0.15) is 0 Å². The van der Waals surface area contributed by atoms with Crippen molar-refractivity contribution < 1.29 is 0 Å². The predicted octanol–water partition coefficient (Wildman–Crippen LogP) is 1.32. The molecule has 1 heterocycles. The minimum absolute atomic E-state index is 0.820. The van der Waals surface area contributed by atoms with Crippen LogP contribution < -0.4 is 5.32 Å². The number of hydrogen-bond donors (Lipinski definition) is 1.